The molecule has 0 fully saturated rings. The molecule has 0 saturated carbocycles. The van der Waals surface area contributed by atoms with Crippen LogP contribution in [0.1, 0.15) is 19.8 Å². The maximum absolute atomic E-state index is 11.9. The average Bonchev–Trinajstić information content (AvgIpc) is 3.07. The zero-order valence-electron chi connectivity index (χ0n) is 27.6. The average molecular weight is 826 g/mol. The quantitative estimate of drug-likeness (QED) is 0.151. The third-order valence-corrected chi connectivity index (χ3v) is 10.9. The van der Waals surface area contributed by atoms with Gasteiger partial charge in [-0.2, -0.15) is 25.3 Å². The van der Waals surface area contributed by atoms with Gasteiger partial charge in [-0.3, -0.25) is 39.9 Å². The number of nitro benzene ring substituents is 3. The van der Waals surface area contributed by atoms with E-state index >= 15 is 0 Å². The highest BCUT2D eigenvalue weighted by atomic mass is 32.2. The Morgan fingerprint density at radius 1 is 0.636 bits per heavy atom. The highest BCUT2D eigenvalue weighted by Gasteiger charge is 2.30. The van der Waals surface area contributed by atoms with E-state index < -0.39 is 63.2 Å². The number of non-ortho nitro benzene ring substituents is 3. The second-order valence-electron chi connectivity index (χ2n) is 10.7. The lowest BCUT2D eigenvalue weighted by Crippen LogP contribution is -2.24. The van der Waals surface area contributed by atoms with Gasteiger partial charge in [0.2, 0.25) is 0 Å². The SMILES string of the molecule is CC1=NS(=O)(=O)c2cc([N+](=O)[O-])ccc2N1.COC(=O)CC1=NS(=O)(=O)c2cc([N+](=O)[O-])ccc2N1.O=C(O)CC1=NS(=O)(=O)c2cc([N+](=O)[O-])ccc2N1. The molecule has 0 unspecified atom stereocenters. The Kier molecular flexibility index (Phi) is 11.6. The number of amidine groups is 3. The van der Waals surface area contributed by atoms with Gasteiger partial charge in [-0.05, 0) is 25.1 Å². The van der Waals surface area contributed by atoms with Crippen LogP contribution in [0.3, 0.4) is 0 Å². The van der Waals surface area contributed by atoms with Gasteiger partial charge in [0.1, 0.15) is 45.0 Å². The first-order chi connectivity index (χ1) is 25.5. The smallest absolute Gasteiger partial charge is 0.313 e. The van der Waals surface area contributed by atoms with Crippen molar-refractivity contribution in [2.75, 3.05) is 23.1 Å². The molecule has 0 atom stereocenters. The first-order valence-corrected chi connectivity index (χ1v) is 18.8. The number of fused-ring (bicyclic) bond motifs is 3. The number of methoxy groups -OCH3 is 1. The fraction of sp³-hybridized carbons (Fsp3) is 0.148. The van der Waals surface area contributed by atoms with Crippen LogP contribution in [0.4, 0.5) is 34.1 Å². The van der Waals surface area contributed by atoms with Crippen molar-refractivity contribution in [2.24, 2.45) is 13.2 Å². The number of rotatable bonds is 7. The molecule has 0 spiro atoms. The number of aliphatic carboxylic acids is 1. The van der Waals surface area contributed by atoms with E-state index in [2.05, 4.69) is 33.9 Å². The Morgan fingerprint density at radius 2 is 0.982 bits per heavy atom. The molecule has 3 aromatic carbocycles. The zero-order valence-corrected chi connectivity index (χ0v) is 30.0. The fourth-order valence-electron chi connectivity index (χ4n) is 4.52. The van der Waals surface area contributed by atoms with Crippen molar-refractivity contribution in [2.45, 2.75) is 34.5 Å². The number of hydrogen-bond donors (Lipinski definition) is 4. The van der Waals surface area contributed by atoms with Gasteiger partial charge in [0.25, 0.3) is 47.1 Å². The Hall–Kier alpha value is -6.94. The summed E-state index contributed by atoms with van der Waals surface area (Å²) >= 11 is 0. The highest BCUT2D eigenvalue weighted by Crippen LogP contribution is 2.33. The molecule has 55 heavy (non-hydrogen) atoms. The van der Waals surface area contributed by atoms with Crippen LogP contribution in [0.5, 0.6) is 0 Å². The van der Waals surface area contributed by atoms with Crippen LogP contribution in [0.25, 0.3) is 0 Å². The van der Waals surface area contributed by atoms with Gasteiger partial charge < -0.3 is 25.8 Å². The molecular formula is C27H23N9O16S3. The maximum Gasteiger partial charge on any atom is 0.313 e. The molecule has 4 N–H and O–H groups in total. The molecule has 0 aromatic heterocycles. The number of carboxylic acid groups (broad SMARTS) is 1. The van der Waals surface area contributed by atoms with Crippen molar-refractivity contribution in [1.82, 2.24) is 0 Å². The number of esters is 1. The van der Waals surface area contributed by atoms with E-state index in [1.807, 2.05) is 0 Å². The topological polar surface area (TPSA) is 369 Å². The van der Waals surface area contributed by atoms with E-state index in [0.29, 0.717) is 5.69 Å². The molecule has 25 nitrogen and oxygen atoms in total. The van der Waals surface area contributed by atoms with Crippen LogP contribution in [0.2, 0.25) is 0 Å². The summed E-state index contributed by atoms with van der Waals surface area (Å²) in [6.07, 6.45) is -0.929. The number of carbonyl (C=O) groups excluding carboxylic acids is 1. The van der Waals surface area contributed by atoms with Gasteiger partial charge in [0.15, 0.2) is 0 Å². The summed E-state index contributed by atoms with van der Waals surface area (Å²) in [6, 6.07) is 10.1. The van der Waals surface area contributed by atoms with Crippen molar-refractivity contribution in [1.29, 1.82) is 0 Å². The number of carbonyl (C=O) groups is 2. The summed E-state index contributed by atoms with van der Waals surface area (Å²) in [4.78, 5) is 50.5. The lowest BCUT2D eigenvalue weighted by molar-refractivity contribution is -0.385. The Balaban J connectivity index is 0.000000185. The number of nitrogens with one attached hydrogen (secondary N) is 3. The number of ether oxygens (including phenoxy) is 1. The van der Waals surface area contributed by atoms with Gasteiger partial charge in [0.05, 0.1) is 38.9 Å². The van der Waals surface area contributed by atoms with Crippen molar-refractivity contribution >= 4 is 93.6 Å². The van der Waals surface area contributed by atoms with E-state index in [1.54, 1.807) is 0 Å². The van der Waals surface area contributed by atoms with E-state index in [4.69, 9.17) is 5.11 Å². The molecular weight excluding hydrogens is 803 g/mol. The summed E-state index contributed by atoms with van der Waals surface area (Å²) in [5.74, 6) is -2.00. The number of nitrogens with zero attached hydrogens (tertiary/aromatic N) is 6. The van der Waals surface area contributed by atoms with Crippen LogP contribution < -0.4 is 16.0 Å². The Labute approximate surface area is 308 Å². The molecule has 0 aliphatic carbocycles. The number of hydrogen-bond acceptors (Lipinski definition) is 18. The summed E-state index contributed by atoms with van der Waals surface area (Å²) in [6.45, 7) is 1.50. The molecule has 0 amide bonds. The second kappa shape index (κ2) is 15.6. The van der Waals surface area contributed by atoms with Gasteiger partial charge in [-0.25, -0.2) is 0 Å². The summed E-state index contributed by atoms with van der Waals surface area (Å²) in [7, 11) is -10.9. The molecule has 28 heteroatoms. The minimum atomic E-state index is -4.14. The van der Waals surface area contributed by atoms with Gasteiger partial charge in [-0.15, -0.1) is 13.2 Å². The highest BCUT2D eigenvalue weighted by molar-refractivity contribution is 7.91. The normalized spacial score (nSPS) is 16.1. The summed E-state index contributed by atoms with van der Waals surface area (Å²) < 4.78 is 85.2. The first kappa shape index (κ1) is 40.8. The predicted molar refractivity (Wildman–Crippen MR) is 189 cm³/mol. The molecule has 290 valence electrons. The largest absolute Gasteiger partial charge is 0.481 e. The number of anilines is 3. The van der Waals surface area contributed by atoms with Crippen LogP contribution in [0, 0.1) is 30.3 Å². The number of carboxylic acids is 1. The molecule has 3 aromatic rings. The standard InChI is InChI=1S/C10H9N3O6S.C9H7N3O6S.C8H7N3O4S/c1-19-10(14)5-9-11-7-3-2-6(13(15)16)4-8(7)20(17,18)12-9;13-9(14)4-8-10-6-2-1-5(12(15)16)3-7(6)19(17,18)11-8;1-5-9-7-3-2-6(11(12)13)4-8(7)16(14,15)10-5/h2-4H,5H2,1H3,(H,11,12);1-3H,4H2,(H,10,11)(H,13,14);2-4H,1H3,(H,9,10). The van der Waals surface area contributed by atoms with E-state index in [0.717, 1.165) is 37.4 Å². The minimum absolute atomic E-state index is 0.0665. The van der Waals surface area contributed by atoms with Gasteiger partial charge in [0, 0.05) is 36.4 Å². The van der Waals surface area contributed by atoms with Crippen LogP contribution in [-0.2, 0) is 44.4 Å². The van der Waals surface area contributed by atoms with Gasteiger partial charge in [-0.1, -0.05) is 0 Å². The molecule has 0 saturated heterocycles. The molecule has 3 aliphatic heterocycles. The predicted octanol–water partition coefficient (Wildman–Crippen LogP) is 2.38. The lowest BCUT2D eigenvalue weighted by atomic mass is 10.2. The van der Waals surface area contributed by atoms with Crippen molar-refractivity contribution in [3.8, 4) is 0 Å². The third-order valence-electron chi connectivity index (χ3n) is 6.81. The molecule has 3 heterocycles. The molecule has 0 radical (unpaired) electrons. The van der Waals surface area contributed by atoms with Crippen molar-refractivity contribution in [3.63, 3.8) is 0 Å². The molecule has 6 rings (SSSR count). The van der Waals surface area contributed by atoms with E-state index in [1.165, 1.54) is 31.2 Å². The second-order valence-corrected chi connectivity index (χ2v) is 15.4. The molecule has 3 aliphatic rings. The first-order valence-electron chi connectivity index (χ1n) is 14.5. The van der Waals surface area contributed by atoms with Crippen molar-refractivity contribution < 1.29 is 59.5 Å². The zero-order chi connectivity index (χ0) is 41.0. The number of sulfonamides is 3. The Morgan fingerprint density at radius 3 is 1.33 bits per heavy atom. The monoisotopic (exact) mass is 825 g/mol. The summed E-state index contributed by atoms with van der Waals surface area (Å²) in [5, 5.41) is 48.2. The van der Waals surface area contributed by atoms with Crippen LogP contribution >= 0.6 is 0 Å². The van der Waals surface area contributed by atoms with Crippen LogP contribution in [0.15, 0.2) is 82.5 Å². The lowest BCUT2D eigenvalue weighted by Gasteiger charge is -2.17. The minimum Gasteiger partial charge on any atom is -0.481 e. The van der Waals surface area contributed by atoms with Crippen molar-refractivity contribution in [3.05, 3.63) is 84.9 Å². The number of nitro groups is 3. The van der Waals surface area contributed by atoms with Gasteiger partial charge >= 0.3 is 11.9 Å². The molecule has 0 bridgehead atoms. The summed E-state index contributed by atoms with van der Waals surface area (Å²) in [5.41, 5.74) is -0.528. The van der Waals surface area contributed by atoms with E-state index in [-0.39, 0.29) is 67.1 Å². The number of benzene rings is 3. The van der Waals surface area contributed by atoms with E-state index in [9.17, 15) is 65.2 Å². The maximum atomic E-state index is 11.9. The fourth-order valence-corrected chi connectivity index (χ4v) is 8.02. The third kappa shape index (κ3) is 9.74. The Bertz CT molecular complexity index is 2610. The van der Waals surface area contributed by atoms with Crippen LogP contribution in [-0.4, -0.2) is 81.7 Å².